The molecule has 3 atom stereocenters. The van der Waals surface area contributed by atoms with E-state index in [2.05, 4.69) is 9.97 Å². The monoisotopic (exact) mass is 505 g/mol. The molecule has 184 valence electrons. The number of alkyl halides is 3. The number of aliphatic carboxylic acids is 1. The molecule has 3 aliphatic rings. The van der Waals surface area contributed by atoms with E-state index in [0.717, 1.165) is 11.1 Å². The van der Waals surface area contributed by atoms with E-state index in [4.69, 9.17) is 16.3 Å². The topological polar surface area (TPSA) is 78.5 Å². The Morgan fingerprint density at radius 2 is 2.11 bits per heavy atom. The molecule has 0 spiro atoms. The summed E-state index contributed by atoms with van der Waals surface area (Å²) in [4.78, 5) is 20.3. The number of allylic oxidation sites excluding steroid dienone is 4. The molecule has 0 radical (unpaired) electrons. The third-order valence-corrected chi connectivity index (χ3v) is 6.99. The van der Waals surface area contributed by atoms with Crippen LogP contribution in [0.4, 0.5) is 13.2 Å². The Morgan fingerprint density at radius 1 is 1.31 bits per heavy atom. The van der Waals surface area contributed by atoms with Gasteiger partial charge in [0.25, 0.3) is 6.01 Å². The Morgan fingerprint density at radius 3 is 2.86 bits per heavy atom. The number of imidazole rings is 1. The minimum atomic E-state index is -4.24. The van der Waals surface area contributed by atoms with E-state index in [9.17, 15) is 23.1 Å². The van der Waals surface area contributed by atoms with Crippen LogP contribution in [0, 0.1) is 11.8 Å². The van der Waals surface area contributed by atoms with Gasteiger partial charge in [-0.25, -0.2) is 0 Å². The number of aromatic nitrogens is 2. The first-order chi connectivity index (χ1) is 16.6. The molecule has 35 heavy (non-hydrogen) atoms. The van der Waals surface area contributed by atoms with Crippen molar-refractivity contribution in [1.29, 1.82) is 0 Å². The van der Waals surface area contributed by atoms with Crippen molar-refractivity contribution in [2.24, 2.45) is 11.8 Å². The number of hydrogen-bond donors (Lipinski definition) is 2. The molecule has 0 fully saturated rings. The van der Waals surface area contributed by atoms with Crippen LogP contribution in [0.2, 0.25) is 5.02 Å². The summed E-state index contributed by atoms with van der Waals surface area (Å²) < 4.78 is 44.4. The quantitative estimate of drug-likeness (QED) is 0.525. The van der Waals surface area contributed by atoms with Crippen molar-refractivity contribution in [1.82, 2.24) is 14.9 Å². The van der Waals surface area contributed by atoms with Gasteiger partial charge < -0.3 is 19.7 Å². The molecule has 0 saturated carbocycles. The summed E-state index contributed by atoms with van der Waals surface area (Å²) in [5.74, 6) is -1.42. The SMILES string of the molecule is CC1C=CC(Oc2nc3cc(Cl)c(C4C=CC5=C(CCN5CC(F)(F)F)C4)cc3[nH]2)=CC1C(=O)O. The Bertz CT molecular complexity index is 1310. The largest absolute Gasteiger partial charge is 0.481 e. The number of aromatic amines is 1. The second-order valence-electron chi connectivity index (χ2n) is 9.13. The fourth-order valence-electron chi connectivity index (χ4n) is 4.89. The first kappa shape index (κ1) is 23.5. The van der Waals surface area contributed by atoms with Gasteiger partial charge in [0.1, 0.15) is 12.3 Å². The van der Waals surface area contributed by atoms with Gasteiger partial charge >= 0.3 is 12.1 Å². The lowest BCUT2D eigenvalue weighted by atomic mass is 9.86. The number of benzene rings is 1. The number of carboxylic acid groups (broad SMARTS) is 1. The van der Waals surface area contributed by atoms with E-state index in [1.165, 1.54) is 4.90 Å². The van der Waals surface area contributed by atoms with Gasteiger partial charge in [-0.05, 0) is 60.3 Å². The minimum absolute atomic E-state index is 0.0639. The predicted molar refractivity (Wildman–Crippen MR) is 125 cm³/mol. The molecule has 10 heteroatoms. The van der Waals surface area contributed by atoms with Gasteiger partial charge in [0.15, 0.2) is 0 Å². The van der Waals surface area contributed by atoms with Crippen molar-refractivity contribution in [2.75, 3.05) is 13.1 Å². The Kier molecular flexibility index (Phi) is 5.91. The molecule has 0 bridgehead atoms. The van der Waals surface area contributed by atoms with Gasteiger partial charge in [-0.1, -0.05) is 30.7 Å². The summed E-state index contributed by atoms with van der Waals surface area (Å²) >= 11 is 6.57. The number of ether oxygens (including phenoxy) is 1. The standard InChI is InChI=1S/C25H23ClF3N3O3/c1-13-2-4-16(9-17(13)23(33)34)35-24-30-20-10-18(19(26)11-21(20)31-24)14-3-5-22-15(8-14)6-7-32(22)12-25(27,28)29/h2-5,9-11,13-14,17H,6-8,12H2,1H3,(H,30,31)(H,33,34). The molecule has 3 unspecified atom stereocenters. The van der Waals surface area contributed by atoms with Crippen LogP contribution in [0.3, 0.4) is 0 Å². The number of fused-ring (bicyclic) bond motifs is 1. The number of nitrogens with zero attached hydrogens (tertiary/aromatic N) is 2. The zero-order chi connectivity index (χ0) is 24.9. The lowest BCUT2D eigenvalue weighted by molar-refractivity contribution is -0.141. The van der Waals surface area contributed by atoms with Crippen LogP contribution in [0.15, 0.2) is 59.5 Å². The highest BCUT2D eigenvalue weighted by atomic mass is 35.5. The Hall–Kier alpha value is -3.20. The van der Waals surface area contributed by atoms with Crippen LogP contribution >= 0.6 is 11.6 Å². The fraction of sp³-hybridized carbons (Fsp3) is 0.360. The molecule has 1 aliphatic heterocycles. The van der Waals surface area contributed by atoms with Crippen LogP contribution in [-0.4, -0.2) is 45.2 Å². The summed E-state index contributed by atoms with van der Waals surface area (Å²) in [6.45, 7) is 1.24. The number of H-pyrrole nitrogens is 1. The molecule has 0 amide bonds. The van der Waals surface area contributed by atoms with Crippen molar-refractivity contribution in [3.05, 3.63) is 70.1 Å². The average molecular weight is 506 g/mol. The third kappa shape index (κ3) is 4.82. The van der Waals surface area contributed by atoms with E-state index < -0.39 is 24.6 Å². The van der Waals surface area contributed by atoms with Crippen molar-refractivity contribution >= 4 is 28.6 Å². The Balaban J connectivity index is 1.35. The summed E-state index contributed by atoms with van der Waals surface area (Å²) in [6, 6.07) is 3.82. The van der Waals surface area contributed by atoms with Crippen molar-refractivity contribution in [3.63, 3.8) is 0 Å². The second kappa shape index (κ2) is 8.78. The smallest absolute Gasteiger partial charge is 0.405 e. The maximum Gasteiger partial charge on any atom is 0.405 e. The molecule has 2 N–H and O–H groups in total. The second-order valence-corrected chi connectivity index (χ2v) is 9.54. The summed E-state index contributed by atoms with van der Waals surface area (Å²) in [6.07, 6.45) is 5.70. The zero-order valence-corrected chi connectivity index (χ0v) is 19.5. The molecule has 2 aromatic rings. The molecule has 2 aliphatic carbocycles. The van der Waals surface area contributed by atoms with E-state index in [0.29, 0.717) is 46.9 Å². The third-order valence-electron chi connectivity index (χ3n) is 6.66. The molecular formula is C25H23ClF3N3O3. The normalized spacial score (nSPS) is 24.2. The highest BCUT2D eigenvalue weighted by molar-refractivity contribution is 6.32. The predicted octanol–water partition coefficient (Wildman–Crippen LogP) is 5.95. The van der Waals surface area contributed by atoms with Crippen molar-refractivity contribution < 1.29 is 27.8 Å². The number of halogens is 4. The van der Waals surface area contributed by atoms with Gasteiger partial charge in [-0.3, -0.25) is 4.79 Å². The van der Waals surface area contributed by atoms with Crippen LogP contribution in [0.1, 0.15) is 31.2 Å². The first-order valence-electron chi connectivity index (χ1n) is 11.3. The highest BCUT2D eigenvalue weighted by Crippen LogP contribution is 2.41. The van der Waals surface area contributed by atoms with Crippen molar-refractivity contribution in [3.8, 4) is 6.01 Å². The van der Waals surface area contributed by atoms with E-state index in [1.807, 2.05) is 19.1 Å². The molecule has 5 rings (SSSR count). The molecule has 2 heterocycles. The summed E-state index contributed by atoms with van der Waals surface area (Å²) in [5.41, 5.74) is 3.80. The van der Waals surface area contributed by atoms with Crippen LogP contribution in [0.25, 0.3) is 11.0 Å². The van der Waals surface area contributed by atoms with Crippen LogP contribution in [-0.2, 0) is 4.79 Å². The van der Waals surface area contributed by atoms with E-state index in [1.54, 1.807) is 30.4 Å². The van der Waals surface area contributed by atoms with Gasteiger partial charge in [0.2, 0.25) is 0 Å². The molecular weight excluding hydrogens is 483 g/mol. The van der Waals surface area contributed by atoms with E-state index in [-0.39, 0.29) is 17.8 Å². The number of hydrogen-bond acceptors (Lipinski definition) is 4. The number of nitrogens with one attached hydrogen (secondary N) is 1. The van der Waals surface area contributed by atoms with Gasteiger partial charge in [-0.2, -0.15) is 18.2 Å². The summed E-state index contributed by atoms with van der Waals surface area (Å²) in [7, 11) is 0. The van der Waals surface area contributed by atoms with Gasteiger partial charge in [0.05, 0.1) is 17.0 Å². The molecule has 0 saturated heterocycles. The molecule has 1 aromatic heterocycles. The van der Waals surface area contributed by atoms with Gasteiger partial charge in [0, 0.05) is 23.2 Å². The Labute approximate surface area is 204 Å². The number of rotatable bonds is 5. The van der Waals surface area contributed by atoms with Gasteiger partial charge in [-0.15, -0.1) is 0 Å². The maximum atomic E-state index is 12.9. The number of carbonyl (C=O) groups is 1. The zero-order valence-electron chi connectivity index (χ0n) is 18.8. The van der Waals surface area contributed by atoms with Crippen molar-refractivity contribution in [2.45, 2.75) is 31.9 Å². The first-order valence-corrected chi connectivity index (χ1v) is 11.7. The van der Waals surface area contributed by atoms with Crippen LogP contribution < -0.4 is 4.74 Å². The highest BCUT2D eigenvalue weighted by Gasteiger charge is 2.35. The summed E-state index contributed by atoms with van der Waals surface area (Å²) in [5, 5.41) is 9.89. The molecule has 1 aromatic carbocycles. The molecule has 6 nitrogen and oxygen atoms in total. The van der Waals surface area contributed by atoms with Crippen LogP contribution in [0.5, 0.6) is 6.01 Å². The lowest BCUT2D eigenvalue weighted by Gasteiger charge is -2.25. The minimum Gasteiger partial charge on any atom is -0.481 e. The maximum absolute atomic E-state index is 12.9. The van der Waals surface area contributed by atoms with E-state index >= 15 is 0 Å². The lowest BCUT2D eigenvalue weighted by Crippen LogP contribution is -2.31. The average Bonchev–Trinajstić information content (AvgIpc) is 3.35. The fourth-order valence-corrected chi connectivity index (χ4v) is 5.19. The number of carboxylic acids is 1.